The maximum absolute atomic E-state index is 13.3. The average Bonchev–Trinajstić information content (AvgIpc) is 2.68. The first-order valence-electron chi connectivity index (χ1n) is 9.65. The van der Waals surface area contributed by atoms with E-state index in [0.29, 0.717) is 17.7 Å². The van der Waals surface area contributed by atoms with Crippen LogP contribution in [0.2, 0.25) is 0 Å². The summed E-state index contributed by atoms with van der Waals surface area (Å²) in [4.78, 5) is 16.9. The van der Waals surface area contributed by atoms with Gasteiger partial charge in [-0.25, -0.2) is 13.4 Å². The van der Waals surface area contributed by atoms with Crippen LogP contribution in [-0.2, 0) is 14.8 Å². The van der Waals surface area contributed by atoms with Crippen LogP contribution in [0.3, 0.4) is 0 Å². The first kappa shape index (κ1) is 21.3. The van der Waals surface area contributed by atoms with E-state index in [1.165, 1.54) is 16.6 Å². The van der Waals surface area contributed by atoms with Crippen LogP contribution >= 0.6 is 0 Å². The van der Waals surface area contributed by atoms with Crippen LogP contribution in [0.5, 0.6) is 5.75 Å². The Morgan fingerprint density at radius 1 is 1.14 bits per heavy atom. The number of aryl methyl sites for hydroxylation is 2. The Morgan fingerprint density at radius 3 is 2.28 bits per heavy atom. The second kappa shape index (κ2) is 8.12. The molecule has 1 aromatic heterocycles. The Hall–Kier alpha value is -2.45. The highest BCUT2D eigenvalue weighted by Crippen LogP contribution is 2.31. The standard InChI is InChI=1S/C21H27N3O4S/c1-13-12-14(2)16(4)19(15(13)3)29(27,28)24-10-7-17(8-11-24)21(26)23-20-18(25)6-5-9-22-20/h5-6,9,12,17,25H,7-8,10-11H2,1-4H3,(H,22,23,26). The molecule has 1 aliphatic heterocycles. The highest BCUT2D eigenvalue weighted by atomic mass is 32.2. The van der Waals surface area contributed by atoms with E-state index in [1.54, 1.807) is 6.07 Å². The molecule has 7 nitrogen and oxygen atoms in total. The Morgan fingerprint density at radius 2 is 1.72 bits per heavy atom. The molecular formula is C21H27N3O4S. The summed E-state index contributed by atoms with van der Waals surface area (Å²) < 4.78 is 28.1. The van der Waals surface area contributed by atoms with E-state index in [-0.39, 0.29) is 36.5 Å². The molecule has 0 spiro atoms. The molecule has 156 valence electrons. The minimum atomic E-state index is -3.63. The molecule has 1 aromatic carbocycles. The van der Waals surface area contributed by atoms with Gasteiger partial charge in [-0.15, -0.1) is 0 Å². The fourth-order valence-electron chi connectivity index (χ4n) is 3.77. The summed E-state index contributed by atoms with van der Waals surface area (Å²) in [6.07, 6.45) is 2.32. The third-order valence-corrected chi connectivity index (χ3v) is 7.92. The number of anilines is 1. The zero-order valence-electron chi connectivity index (χ0n) is 17.2. The number of nitrogens with zero attached hydrogens (tertiary/aromatic N) is 2. The number of sulfonamides is 1. The number of aromatic nitrogens is 1. The third kappa shape index (κ3) is 4.13. The summed E-state index contributed by atoms with van der Waals surface area (Å²) in [7, 11) is -3.63. The van der Waals surface area contributed by atoms with Gasteiger partial charge >= 0.3 is 0 Å². The molecule has 0 saturated carbocycles. The lowest BCUT2D eigenvalue weighted by Gasteiger charge is -2.31. The summed E-state index contributed by atoms with van der Waals surface area (Å²) in [5.41, 5.74) is 3.46. The molecule has 2 aromatic rings. The monoisotopic (exact) mass is 417 g/mol. The molecule has 2 heterocycles. The SMILES string of the molecule is Cc1cc(C)c(C)c(S(=O)(=O)N2CCC(C(=O)Nc3ncccc3O)CC2)c1C. The highest BCUT2D eigenvalue weighted by molar-refractivity contribution is 7.89. The van der Waals surface area contributed by atoms with E-state index in [9.17, 15) is 18.3 Å². The molecule has 1 saturated heterocycles. The van der Waals surface area contributed by atoms with E-state index in [0.717, 1.165) is 22.3 Å². The van der Waals surface area contributed by atoms with Crippen molar-refractivity contribution in [2.24, 2.45) is 5.92 Å². The van der Waals surface area contributed by atoms with Gasteiger partial charge in [-0.1, -0.05) is 6.07 Å². The van der Waals surface area contributed by atoms with Gasteiger partial charge in [-0.3, -0.25) is 4.79 Å². The van der Waals surface area contributed by atoms with Crippen molar-refractivity contribution < 1.29 is 18.3 Å². The lowest BCUT2D eigenvalue weighted by Crippen LogP contribution is -2.42. The second-order valence-electron chi connectivity index (χ2n) is 7.63. The number of pyridine rings is 1. The molecule has 0 unspecified atom stereocenters. The first-order valence-corrected chi connectivity index (χ1v) is 11.1. The van der Waals surface area contributed by atoms with Crippen molar-refractivity contribution >= 4 is 21.7 Å². The van der Waals surface area contributed by atoms with Gasteiger partial charge in [0.15, 0.2) is 11.6 Å². The minimum absolute atomic E-state index is 0.0957. The molecule has 1 fully saturated rings. The molecule has 0 atom stereocenters. The molecular weight excluding hydrogens is 390 g/mol. The lowest BCUT2D eigenvalue weighted by molar-refractivity contribution is -0.120. The van der Waals surface area contributed by atoms with Crippen molar-refractivity contribution in [3.05, 3.63) is 46.6 Å². The van der Waals surface area contributed by atoms with Crippen molar-refractivity contribution in [2.45, 2.75) is 45.4 Å². The first-order chi connectivity index (χ1) is 13.6. The minimum Gasteiger partial charge on any atom is -0.504 e. The summed E-state index contributed by atoms with van der Waals surface area (Å²) >= 11 is 0. The normalized spacial score (nSPS) is 16.0. The number of rotatable bonds is 4. The zero-order chi connectivity index (χ0) is 21.3. The fourth-order valence-corrected chi connectivity index (χ4v) is 5.81. The predicted octanol–water partition coefficient (Wildman–Crippen LogP) is 3.06. The summed E-state index contributed by atoms with van der Waals surface area (Å²) in [6.45, 7) is 8.08. The number of carbonyl (C=O) groups is 1. The van der Waals surface area contributed by atoms with E-state index >= 15 is 0 Å². The third-order valence-electron chi connectivity index (χ3n) is 5.75. The van der Waals surface area contributed by atoms with Gasteiger partial charge in [-0.2, -0.15) is 4.31 Å². The molecule has 8 heteroatoms. The summed E-state index contributed by atoms with van der Waals surface area (Å²) in [5.74, 6) is -0.560. The topological polar surface area (TPSA) is 99.6 Å². The van der Waals surface area contributed by atoms with E-state index in [4.69, 9.17) is 0 Å². The smallest absolute Gasteiger partial charge is 0.243 e. The average molecular weight is 418 g/mol. The predicted molar refractivity (Wildman–Crippen MR) is 111 cm³/mol. The van der Waals surface area contributed by atoms with Crippen molar-refractivity contribution in [1.82, 2.24) is 9.29 Å². The quantitative estimate of drug-likeness (QED) is 0.796. The van der Waals surface area contributed by atoms with Gasteiger partial charge < -0.3 is 10.4 Å². The van der Waals surface area contributed by atoms with E-state index in [1.807, 2.05) is 33.8 Å². The molecule has 0 radical (unpaired) electrons. The second-order valence-corrected chi connectivity index (χ2v) is 9.50. The van der Waals surface area contributed by atoms with Crippen LogP contribution in [-0.4, -0.2) is 41.8 Å². The van der Waals surface area contributed by atoms with Crippen LogP contribution in [0.4, 0.5) is 5.82 Å². The Bertz CT molecular complexity index is 1020. The molecule has 0 bridgehead atoms. The largest absolute Gasteiger partial charge is 0.504 e. The van der Waals surface area contributed by atoms with Gasteiger partial charge in [0, 0.05) is 25.2 Å². The number of carbonyl (C=O) groups excluding carboxylic acids is 1. The number of nitrogens with one attached hydrogen (secondary N) is 1. The van der Waals surface area contributed by atoms with Crippen LogP contribution in [0.1, 0.15) is 35.1 Å². The Labute approximate surface area is 171 Å². The van der Waals surface area contributed by atoms with Gasteiger partial charge in [-0.05, 0) is 74.9 Å². The van der Waals surface area contributed by atoms with Crippen LogP contribution in [0, 0.1) is 33.6 Å². The van der Waals surface area contributed by atoms with Gasteiger partial charge in [0.25, 0.3) is 0 Å². The van der Waals surface area contributed by atoms with Crippen molar-refractivity contribution in [3.63, 3.8) is 0 Å². The van der Waals surface area contributed by atoms with Gasteiger partial charge in [0.05, 0.1) is 4.90 Å². The fraction of sp³-hybridized carbons (Fsp3) is 0.429. The van der Waals surface area contributed by atoms with Gasteiger partial charge in [0.1, 0.15) is 0 Å². The Kier molecular flexibility index (Phi) is 5.95. The Balaban J connectivity index is 1.74. The van der Waals surface area contributed by atoms with Crippen LogP contribution in [0.15, 0.2) is 29.3 Å². The molecule has 29 heavy (non-hydrogen) atoms. The molecule has 0 aliphatic carbocycles. The number of benzene rings is 1. The number of amides is 1. The number of aromatic hydroxyl groups is 1. The van der Waals surface area contributed by atoms with Crippen LogP contribution < -0.4 is 5.32 Å². The maximum Gasteiger partial charge on any atom is 0.243 e. The summed E-state index contributed by atoms with van der Waals surface area (Å²) in [6, 6.07) is 5.03. The molecule has 1 aliphatic rings. The van der Waals surface area contributed by atoms with E-state index in [2.05, 4.69) is 10.3 Å². The van der Waals surface area contributed by atoms with Crippen molar-refractivity contribution in [1.29, 1.82) is 0 Å². The lowest BCUT2D eigenvalue weighted by atomic mass is 9.97. The zero-order valence-corrected chi connectivity index (χ0v) is 18.0. The highest BCUT2D eigenvalue weighted by Gasteiger charge is 2.34. The molecule has 2 N–H and O–H groups in total. The summed E-state index contributed by atoms with van der Waals surface area (Å²) in [5, 5.41) is 12.4. The van der Waals surface area contributed by atoms with Gasteiger partial charge in [0.2, 0.25) is 15.9 Å². The molecule has 1 amide bonds. The molecule has 3 rings (SSSR count). The van der Waals surface area contributed by atoms with Crippen molar-refractivity contribution in [3.8, 4) is 5.75 Å². The van der Waals surface area contributed by atoms with Crippen LogP contribution in [0.25, 0.3) is 0 Å². The van der Waals surface area contributed by atoms with E-state index < -0.39 is 10.0 Å². The number of piperidine rings is 1. The maximum atomic E-state index is 13.3. The number of hydrogen-bond donors (Lipinski definition) is 2. The van der Waals surface area contributed by atoms with Crippen molar-refractivity contribution in [2.75, 3.05) is 18.4 Å². The number of hydrogen-bond acceptors (Lipinski definition) is 5.